The maximum absolute atomic E-state index is 10.9. The molecule has 3 atom stereocenters. The first kappa shape index (κ1) is 12.3. The highest BCUT2D eigenvalue weighted by atomic mass is 32.2. The van der Waals surface area contributed by atoms with E-state index >= 15 is 0 Å². The van der Waals surface area contributed by atoms with Gasteiger partial charge in [-0.3, -0.25) is 4.18 Å². The van der Waals surface area contributed by atoms with Crippen molar-refractivity contribution in [1.29, 1.82) is 0 Å². The molecule has 2 saturated heterocycles. The Bertz CT molecular complexity index is 320. The number of rotatable bonds is 4. The normalized spacial score (nSPS) is 35.7. The first-order valence-corrected chi connectivity index (χ1v) is 7.45. The molecule has 2 heterocycles. The zero-order valence-electron chi connectivity index (χ0n) is 9.42. The van der Waals surface area contributed by atoms with Crippen LogP contribution < -0.4 is 0 Å². The van der Waals surface area contributed by atoms with Crippen LogP contribution in [0, 0.1) is 5.92 Å². The van der Waals surface area contributed by atoms with E-state index in [4.69, 9.17) is 13.7 Å². The first-order valence-electron chi connectivity index (χ1n) is 5.64. The molecule has 0 bridgehead atoms. The van der Waals surface area contributed by atoms with Gasteiger partial charge in [0.05, 0.1) is 25.1 Å². The van der Waals surface area contributed by atoms with E-state index in [-0.39, 0.29) is 24.7 Å². The molecule has 3 unspecified atom stereocenters. The lowest BCUT2D eigenvalue weighted by molar-refractivity contribution is -0.00354. The van der Waals surface area contributed by atoms with Gasteiger partial charge in [-0.25, -0.2) is 0 Å². The average molecular weight is 250 g/mol. The molecule has 0 N–H and O–H groups in total. The zero-order chi connectivity index (χ0) is 11.6. The highest BCUT2D eigenvalue weighted by Crippen LogP contribution is 2.31. The molecule has 0 aromatic carbocycles. The summed E-state index contributed by atoms with van der Waals surface area (Å²) in [6, 6.07) is 0. The van der Waals surface area contributed by atoms with Gasteiger partial charge in [-0.15, -0.1) is 0 Å². The van der Waals surface area contributed by atoms with Gasteiger partial charge >= 0.3 is 0 Å². The van der Waals surface area contributed by atoms with E-state index in [0.717, 1.165) is 32.1 Å². The van der Waals surface area contributed by atoms with Crippen molar-refractivity contribution in [2.75, 3.05) is 26.1 Å². The fourth-order valence-corrected chi connectivity index (χ4v) is 2.77. The van der Waals surface area contributed by atoms with E-state index in [0.29, 0.717) is 6.61 Å². The molecule has 5 nitrogen and oxygen atoms in total. The summed E-state index contributed by atoms with van der Waals surface area (Å²) >= 11 is 0. The predicted octanol–water partition coefficient (Wildman–Crippen LogP) is 0.547. The molecule has 6 heteroatoms. The molecule has 0 amide bonds. The largest absolute Gasteiger partial charge is 0.378 e. The highest BCUT2D eigenvalue weighted by Gasteiger charge is 2.37. The van der Waals surface area contributed by atoms with E-state index in [2.05, 4.69) is 0 Å². The van der Waals surface area contributed by atoms with Crippen LogP contribution in [0.25, 0.3) is 0 Å². The molecule has 16 heavy (non-hydrogen) atoms. The summed E-state index contributed by atoms with van der Waals surface area (Å²) in [6.45, 7) is 1.59. The fraction of sp³-hybridized carbons (Fsp3) is 1.00. The van der Waals surface area contributed by atoms with Crippen molar-refractivity contribution in [3.8, 4) is 0 Å². The SMILES string of the molecule is CS(=O)(=O)OCC1OCCC1C1CCCO1. The van der Waals surface area contributed by atoms with E-state index < -0.39 is 10.1 Å². The van der Waals surface area contributed by atoms with Gasteiger partial charge < -0.3 is 9.47 Å². The smallest absolute Gasteiger partial charge is 0.264 e. The maximum Gasteiger partial charge on any atom is 0.264 e. The van der Waals surface area contributed by atoms with Crippen molar-refractivity contribution in [3.05, 3.63) is 0 Å². The molecule has 2 rings (SSSR count). The summed E-state index contributed by atoms with van der Waals surface area (Å²) in [5, 5.41) is 0. The lowest BCUT2D eigenvalue weighted by Crippen LogP contribution is -2.32. The van der Waals surface area contributed by atoms with E-state index in [1.807, 2.05) is 0 Å². The van der Waals surface area contributed by atoms with Gasteiger partial charge in [0.1, 0.15) is 0 Å². The van der Waals surface area contributed by atoms with Crippen LogP contribution in [0.15, 0.2) is 0 Å². The van der Waals surface area contributed by atoms with Crippen molar-refractivity contribution < 1.29 is 22.1 Å². The third-order valence-electron chi connectivity index (χ3n) is 3.15. The van der Waals surface area contributed by atoms with Gasteiger partial charge in [-0.2, -0.15) is 8.42 Å². The Balaban J connectivity index is 1.87. The first-order chi connectivity index (χ1) is 7.56. The minimum atomic E-state index is -3.38. The van der Waals surface area contributed by atoms with E-state index in [9.17, 15) is 8.42 Å². The van der Waals surface area contributed by atoms with Gasteiger partial charge in [-0.05, 0) is 19.3 Å². The second-order valence-electron chi connectivity index (χ2n) is 4.40. The molecular weight excluding hydrogens is 232 g/mol. The number of hydrogen-bond donors (Lipinski definition) is 0. The molecular formula is C10H18O5S. The van der Waals surface area contributed by atoms with Crippen molar-refractivity contribution >= 4 is 10.1 Å². The van der Waals surface area contributed by atoms with Gasteiger partial charge in [0.25, 0.3) is 10.1 Å². The molecule has 94 valence electrons. The Labute approximate surface area is 96.2 Å². The maximum atomic E-state index is 10.9. The summed E-state index contributed by atoms with van der Waals surface area (Å²) in [5.74, 6) is 0.282. The number of ether oxygens (including phenoxy) is 2. The summed E-state index contributed by atoms with van der Waals surface area (Å²) < 4.78 is 37.7. The fourth-order valence-electron chi connectivity index (χ4n) is 2.39. The average Bonchev–Trinajstić information content (AvgIpc) is 2.84. The van der Waals surface area contributed by atoms with Crippen LogP contribution in [0.5, 0.6) is 0 Å². The summed E-state index contributed by atoms with van der Waals surface area (Å²) in [7, 11) is -3.38. The number of hydrogen-bond acceptors (Lipinski definition) is 5. The second kappa shape index (κ2) is 5.00. The molecule has 2 aliphatic rings. The molecule has 0 radical (unpaired) electrons. The van der Waals surface area contributed by atoms with E-state index in [1.165, 1.54) is 0 Å². The lowest BCUT2D eigenvalue weighted by Gasteiger charge is -2.22. The Morgan fingerprint density at radius 2 is 2.06 bits per heavy atom. The Hall–Kier alpha value is -0.170. The van der Waals surface area contributed by atoms with Crippen LogP contribution in [0.1, 0.15) is 19.3 Å². The Morgan fingerprint density at radius 3 is 2.69 bits per heavy atom. The molecule has 0 spiro atoms. The van der Waals surface area contributed by atoms with E-state index in [1.54, 1.807) is 0 Å². The van der Waals surface area contributed by atoms with Crippen molar-refractivity contribution in [2.24, 2.45) is 5.92 Å². The van der Waals surface area contributed by atoms with Crippen LogP contribution in [0.3, 0.4) is 0 Å². The van der Waals surface area contributed by atoms with Crippen molar-refractivity contribution in [3.63, 3.8) is 0 Å². The topological polar surface area (TPSA) is 61.8 Å². The summed E-state index contributed by atoms with van der Waals surface area (Å²) in [4.78, 5) is 0. The van der Waals surface area contributed by atoms with Crippen LogP contribution in [0.4, 0.5) is 0 Å². The van der Waals surface area contributed by atoms with Crippen LogP contribution in [-0.2, 0) is 23.8 Å². The van der Waals surface area contributed by atoms with Crippen LogP contribution in [-0.4, -0.2) is 46.7 Å². The Kier molecular flexibility index (Phi) is 3.84. The summed E-state index contributed by atoms with van der Waals surface area (Å²) in [6.07, 6.45) is 4.20. The minimum Gasteiger partial charge on any atom is -0.378 e. The molecule has 0 aromatic rings. The van der Waals surface area contributed by atoms with Crippen LogP contribution >= 0.6 is 0 Å². The molecule has 0 aliphatic carbocycles. The predicted molar refractivity (Wildman–Crippen MR) is 57.6 cm³/mol. The molecule has 2 aliphatic heterocycles. The van der Waals surface area contributed by atoms with Crippen LogP contribution in [0.2, 0.25) is 0 Å². The monoisotopic (exact) mass is 250 g/mol. The zero-order valence-corrected chi connectivity index (χ0v) is 10.2. The van der Waals surface area contributed by atoms with Gasteiger partial charge in [0, 0.05) is 19.1 Å². The van der Waals surface area contributed by atoms with Gasteiger partial charge in [0.2, 0.25) is 0 Å². The summed E-state index contributed by atoms with van der Waals surface area (Å²) in [5.41, 5.74) is 0. The molecule has 0 aromatic heterocycles. The standard InChI is InChI=1S/C10H18O5S/c1-16(11,12)15-7-10-8(4-6-14-10)9-3-2-5-13-9/h8-10H,2-7H2,1H3. The minimum absolute atomic E-state index is 0.114. The Morgan fingerprint density at radius 1 is 1.25 bits per heavy atom. The molecule has 0 saturated carbocycles. The highest BCUT2D eigenvalue weighted by molar-refractivity contribution is 7.85. The van der Waals surface area contributed by atoms with Crippen molar-refractivity contribution in [2.45, 2.75) is 31.5 Å². The molecule has 2 fully saturated rings. The second-order valence-corrected chi connectivity index (χ2v) is 6.05. The van der Waals surface area contributed by atoms with Gasteiger partial charge in [-0.1, -0.05) is 0 Å². The quantitative estimate of drug-likeness (QED) is 0.682. The van der Waals surface area contributed by atoms with Gasteiger partial charge in [0.15, 0.2) is 0 Å². The third-order valence-corrected chi connectivity index (χ3v) is 3.71. The lowest BCUT2D eigenvalue weighted by atomic mass is 9.93. The third kappa shape index (κ3) is 3.16. The van der Waals surface area contributed by atoms with Crippen molar-refractivity contribution in [1.82, 2.24) is 0 Å².